The molecule has 2 atom stereocenters. The molecular formula is C17H24N2O4S. The molecule has 0 radical (unpaired) electrons. The van der Waals surface area contributed by atoms with E-state index in [9.17, 15) is 13.2 Å². The maximum atomic E-state index is 12.6. The van der Waals surface area contributed by atoms with Crippen LogP contribution in [0, 0.1) is 5.92 Å². The van der Waals surface area contributed by atoms with Gasteiger partial charge in [-0.1, -0.05) is 19.1 Å². The summed E-state index contributed by atoms with van der Waals surface area (Å²) in [4.78, 5) is 12.1. The van der Waals surface area contributed by atoms with Crippen LogP contribution in [0.25, 0.3) is 0 Å². The zero-order valence-corrected chi connectivity index (χ0v) is 14.9. The Morgan fingerprint density at radius 1 is 1.29 bits per heavy atom. The molecule has 1 saturated heterocycles. The number of sulfonamides is 1. The lowest BCUT2D eigenvalue weighted by Crippen LogP contribution is -2.50. The quantitative estimate of drug-likeness (QED) is 0.777. The Bertz CT molecular complexity index is 711. The monoisotopic (exact) mass is 352 g/mol. The molecule has 0 aromatic heterocycles. The summed E-state index contributed by atoms with van der Waals surface area (Å²) in [5.41, 5.74) is 0.243. The van der Waals surface area contributed by atoms with Gasteiger partial charge in [0, 0.05) is 12.6 Å². The van der Waals surface area contributed by atoms with Crippen LogP contribution in [0.4, 0.5) is 0 Å². The molecule has 1 heterocycles. The molecule has 0 spiro atoms. The summed E-state index contributed by atoms with van der Waals surface area (Å²) < 4.78 is 32.8. The van der Waals surface area contributed by atoms with Crippen molar-refractivity contribution in [3.05, 3.63) is 29.8 Å². The van der Waals surface area contributed by atoms with Gasteiger partial charge in [-0.05, 0) is 49.4 Å². The zero-order chi connectivity index (χ0) is 17.4. The third kappa shape index (κ3) is 3.20. The first-order valence-electron chi connectivity index (χ1n) is 8.31. The lowest BCUT2D eigenvalue weighted by Gasteiger charge is -2.30. The molecule has 1 aliphatic heterocycles. The summed E-state index contributed by atoms with van der Waals surface area (Å²) in [5.74, 6) is 0.0488. The molecule has 2 fully saturated rings. The van der Waals surface area contributed by atoms with Crippen molar-refractivity contribution >= 4 is 16.0 Å². The van der Waals surface area contributed by atoms with Crippen molar-refractivity contribution in [2.45, 2.75) is 42.5 Å². The highest BCUT2D eigenvalue weighted by Crippen LogP contribution is 2.49. The first-order valence-corrected chi connectivity index (χ1v) is 9.79. The smallest absolute Gasteiger partial charge is 0.316 e. The van der Waals surface area contributed by atoms with E-state index in [1.807, 2.05) is 0 Å². The van der Waals surface area contributed by atoms with Gasteiger partial charge in [0.15, 0.2) is 0 Å². The number of carbonyl (C=O) groups is 1. The van der Waals surface area contributed by atoms with Crippen LogP contribution in [0.1, 0.15) is 31.7 Å². The number of methoxy groups -OCH3 is 1. The maximum Gasteiger partial charge on any atom is 0.316 e. The molecule has 1 aromatic rings. The van der Waals surface area contributed by atoms with Gasteiger partial charge in [0.05, 0.1) is 17.4 Å². The number of nitrogens with one attached hydrogen (secondary N) is 2. The Morgan fingerprint density at radius 2 is 1.96 bits per heavy atom. The molecule has 1 aromatic carbocycles. The molecule has 1 aliphatic carbocycles. The summed E-state index contributed by atoms with van der Waals surface area (Å²) in [6.07, 6.45) is 2.44. The van der Waals surface area contributed by atoms with Crippen LogP contribution in [-0.4, -0.2) is 40.6 Å². The average molecular weight is 352 g/mol. The lowest BCUT2D eigenvalue weighted by atomic mass is 9.96. The van der Waals surface area contributed by atoms with Crippen LogP contribution in [0.5, 0.6) is 0 Å². The molecule has 24 heavy (non-hydrogen) atoms. The second-order valence-electron chi connectivity index (χ2n) is 6.80. The zero-order valence-electron chi connectivity index (χ0n) is 14.0. The van der Waals surface area contributed by atoms with Gasteiger partial charge < -0.3 is 10.1 Å². The van der Waals surface area contributed by atoms with Crippen molar-refractivity contribution in [1.29, 1.82) is 0 Å². The predicted octanol–water partition coefficient (Wildman–Crippen LogP) is 1.17. The Labute approximate surface area is 143 Å². The van der Waals surface area contributed by atoms with Crippen molar-refractivity contribution in [2.75, 3.05) is 20.2 Å². The molecule has 0 bridgehead atoms. The summed E-state index contributed by atoms with van der Waals surface area (Å²) in [6, 6.07) is 6.49. The topological polar surface area (TPSA) is 84.5 Å². The van der Waals surface area contributed by atoms with Crippen LogP contribution in [0.15, 0.2) is 29.2 Å². The standard InChI is InChI=1S/C17H24N2O4S/c1-12-7-10-18-11-15(12)19-24(21,22)14-5-3-13(4-6-14)17(8-9-17)16(20)23-2/h3-6,12,15,18-19H,7-11H2,1-2H3. The van der Waals surface area contributed by atoms with Crippen LogP contribution in [-0.2, 0) is 25.0 Å². The number of rotatable bonds is 5. The van der Waals surface area contributed by atoms with Crippen molar-refractivity contribution in [1.82, 2.24) is 10.0 Å². The molecule has 3 rings (SSSR count). The fourth-order valence-corrected chi connectivity index (χ4v) is 4.64. The van der Waals surface area contributed by atoms with Crippen LogP contribution < -0.4 is 10.0 Å². The normalized spacial score (nSPS) is 25.9. The van der Waals surface area contributed by atoms with E-state index in [2.05, 4.69) is 17.0 Å². The van der Waals surface area contributed by atoms with Crippen LogP contribution in [0.3, 0.4) is 0 Å². The molecule has 132 valence electrons. The van der Waals surface area contributed by atoms with Crippen molar-refractivity contribution in [2.24, 2.45) is 5.92 Å². The van der Waals surface area contributed by atoms with Gasteiger partial charge in [-0.2, -0.15) is 0 Å². The number of piperidine rings is 1. The molecule has 0 amide bonds. The number of hydrogen-bond acceptors (Lipinski definition) is 5. The van der Waals surface area contributed by atoms with Crippen LogP contribution >= 0.6 is 0 Å². The second kappa shape index (κ2) is 6.46. The molecule has 2 aliphatic rings. The van der Waals surface area contributed by atoms with Crippen LogP contribution in [0.2, 0.25) is 0 Å². The van der Waals surface area contributed by atoms with E-state index in [0.717, 1.165) is 31.4 Å². The highest BCUT2D eigenvalue weighted by molar-refractivity contribution is 7.89. The number of ether oxygens (including phenoxy) is 1. The third-order valence-corrected chi connectivity index (χ3v) is 6.68. The lowest BCUT2D eigenvalue weighted by molar-refractivity contribution is -0.143. The van der Waals surface area contributed by atoms with E-state index in [1.165, 1.54) is 7.11 Å². The Kier molecular flexibility index (Phi) is 4.68. The second-order valence-corrected chi connectivity index (χ2v) is 8.51. The molecule has 2 unspecified atom stereocenters. The number of hydrogen-bond donors (Lipinski definition) is 2. The minimum absolute atomic E-state index is 0.103. The molecule has 6 nitrogen and oxygen atoms in total. The van der Waals surface area contributed by atoms with E-state index >= 15 is 0 Å². The molecule has 1 saturated carbocycles. The van der Waals surface area contributed by atoms with E-state index in [1.54, 1.807) is 24.3 Å². The van der Waals surface area contributed by atoms with Gasteiger partial charge >= 0.3 is 5.97 Å². The highest BCUT2D eigenvalue weighted by Gasteiger charge is 2.52. The van der Waals surface area contributed by atoms with E-state index in [0.29, 0.717) is 12.5 Å². The summed E-state index contributed by atoms with van der Waals surface area (Å²) >= 11 is 0. The van der Waals surface area contributed by atoms with Gasteiger partial charge in [0.25, 0.3) is 0 Å². The third-order valence-electron chi connectivity index (χ3n) is 5.18. The first-order chi connectivity index (χ1) is 11.4. The largest absolute Gasteiger partial charge is 0.468 e. The first kappa shape index (κ1) is 17.4. The fraction of sp³-hybridized carbons (Fsp3) is 0.588. The molecular weight excluding hydrogens is 328 g/mol. The van der Waals surface area contributed by atoms with Crippen molar-refractivity contribution in [3.8, 4) is 0 Å². The van der Waals surface area contributed by atoms with Gasteiger partial charge in [-0.3, -0.25) is 4.79 Å². The minimum atomic E-state index is -3.57. The van der Waals surface area contributed by atoms with Crippen molar-refractivity contribution < 1.29 is 17.9 Å². The van der Waals surface area contributed by atoms with Gasteiger partial charge in [-0.25, -0.2) is 13.1 Å². The Hall–Kier alpha value is -1.44. The minimum Gasteiger partial charge on any atom is -0.468 e. The average Bonchev–Trinajstić information content (AvgIpc) is 3.38. The van der Waals surface area contributed by atoms with E-state index < -0.39 is 15.4 Å². The highest BCUT2D eigenvalue weighted by atomic mass is 32.2. The van der Waals surface area contributed by atoms with Gasteiger partial charge in [-0.15, -0.1) is 0 Å². The van der Waals surface area contributed by atoms with Crippen molar-refractivity contribution in [3.63, 3.8) is 0 Å². The Balaban J connectivity index is 1.76. The summed E-state index contributed by atoms with van der Waals surface area (Å²) in [7, 11) is -2.19. The maximum absolute atomic E-state index is 12.6. The summed E-state index contributed by atoms with van der Waals surface area (Å²) in [6.45, 7) is 3.62. The predicted molar refractivity (Wildman–Crippen MR) is 90.1 cm³/mol. The van der Waals surface area contributed by atoms with E-state index in [4.69, 9.17) is 4.74 Å². The Morgan fingerprint density at radius 3 is 2.50 bits per heavy atom. The van der Waals surface area contributed by atoms with Gasteiger partial charge in [0.1, 0.15) is 0 Å². The molecule has 2 N–H and O–H groups in total. The molecule has 7 heteroatoms. The fourth-order valence-electron chi connectivity index (χ4n) is 3.30. The number of carbonyl (C=O) groups excluding carboxylic acids is 1. The number of esters is 1. The van der Waals surface area contributed by atoms with Gasteiger partial charge in [0.2, 0.25) is 10.0 Å². The number of benzene rings is 1. The summed E-state index contributed by atoms with van der Waals surface area (Å²) in [5, 5.41) is 3.22. The SMILES string of the molecule is COC(=O)C1(c2ccc(S(=O)(=O)NC3CNCCC3C)cc2)CC1. The van der Waals surface area contributed by atoms with E-state index in [-0.39, 0.29) is 16.9 Å².